The highest BCUT2D eigenvalue weighted by molar-refractivity contribution is 5.58. The van der Waals surface area contributed by atoms with Gasteiger partial charge in [0.25, 0.3) is 0 Å². The zero-order valence-electron chi connectivity index (χ0n) is 5.04. The molecule has 1 aliphatic rings. The maximum Gasteiger partial charge on any atom is 0.184 e. The van der Waals surface area contributed by atoms with Crippen LogP contribution in [-0.2, 0) is 9.53 Å². The summed E-state index contributed by atoms with van der Waals surface area (Å²) in [5.41, 5.74) is 0. The quantitative estimate of drug-likeness (QED) is 0.361. The number of rotatable bonds is 1. The first-order chi connectivity index (χ1) is 4.66. The van der Waals surface area contributed by atoms with E-state index in [-0.39, 0.29) is 0 Å². The van der Waals surface area contributed by atoms with Crippen molar-refractivity contribution in [2.75, 3.05) is 0 Å². The second-order valence-corrected chi connectivity index (χ2v) is 2.11. The van der Waals surface area contributed by atoms with Crippen LogP contribution in [0, 0.1) is 0 Å². The third-order valence-corrected chi connectivity index (χ3v) is 1.41. The van der Waals surface area contributed by atoms with E-state index >= 15 is 0 Å². The minimum absolute atomic E-state index is 0.337. The SMILES string of the molecule is O=C[C@@H]1OC(O)[C@@H](O)[C@H]1O. The highest BCUT2D eigenvalue weighted by Crippen LogP contribution is 2.17. The summed E-state index contributed by atoms with van der Waals surface area (Å²) in [7, 11) is 0. The van der Waals surface area contributed by atoms with Crippen molar-refractivity contribution in [3.8, 4) is 0 Å². The van der Waals surface area contributed by atoms with E-state index in [4.69, 9.17) is 15.3 Å². The molecule has 0 bridgehead atoms. The topological polar surface area (TPSA) is 87.0 Å². The van der Waals surface area contributed by atoms with Crippen LogP contribution < -0.4 is 0 Å². The molecule has 0 radical (unpaired) electrons. The molecule has 4 atom stereocenters. The number of hydrogen-bond donors (Lipinski definition) is 3. The predicted molar refractivity (Wildman–Crippen MR) is 29.0 cm³/mol. The summed E-state index contributed by atoms with van der Waals surface area (Å²) >= 11 is 0. The molecule has 0 aromatic heterocycles. The van der Waals surface area contributed by atoms with Crippen molar-refractivity contribution >= 4 is 6.29 Å². The number of aliphatic hydroxyl groups excluding tert-OH is 3. The normalized spacial score (nSPS) is 47.5. The second-order valence-electron chi connectivity index (χ2n) is 2.11. The maximum absolute atomic E-state index is 10.0. The van der Waals surface area contributed by atoms with E-state index in [1.54, 1.807) is 0 Å². The summed E-state index contributed by atoms with van der Waals surface area (Å²) in [6, 6.07) is 0. The van der Waals surface area contributed by atoms with Crippen LogP contribution in [0.15, 0.2) is 0 Å². The van der Waals surface area contributed by atoms with E-state index in [1.165, 1.54) is 0 Å². The lowest BCUT2D eigenvalue weighted by atomic mass is 10.1. The van der Waals surface area contributed by atoms with Crippen LogP contribution in [0.2, 0.25) is 0 Å². The Balaban J connectivity index is 2.61. The first kappa shape index (κ1) is 7.62. The molecule has 1 aliphatic heterocycles. The van der Waals surface area contributed by atoms with Crippen molar-refractivity contribution in [3.63, 3.8) is 0 Å². The predicted octanol–water partition coefficient (Wildman–Crippen LogP) is -2.38. The Kier molecular flexibility index (Phi) is 2.00. The van der Waals surface area contributed by atoms with Crippen LogP contribution in [0.25, 0.3) is 0 Å². The lowest BCUT2D eigenvalue weighted by Gasteiger charge is -2.06. The average Bonchev–Trinajstić information content (AvgIpc) is 2.17. The fourth-order valence-corrected chi connectivity index (χ4v) is 0.798. The zero-order chi connectivity index (χ0) is 7.72. The first-order valence-electron chi connectivity index (χ1n) is 2.82. The number of aldehydes is 1. The van der Waals surface area contributed by atoms with E-state index in [0.717, 1.165) is 0 Å². The summed E-state index contributed by atoms with van der Waals surface area (Å²) in [6.07, 6.45) is -4.91. The highest BCUT2D eigenvalue weighted by Gasteiger charge is 2.41. The molecule has 0 aromatic carbocycles. The van der Waals surface area contributed by atoms with Crippen molar-refractivity contribution in [2.24, 2.45) is 0 Å². The third kappa shape index (κ3) is 1.04. The van der Waals surface area contributed by atoms with Crippen molar-refractivity contribution in [2.45, 2.75) is 24.6 Å². The fourth-order valence-electron chi connectivity index (χ4n) is 0.798. The van der Waals surface area contributed by atoms with Crippen LogP contribution in [0.4, 0.5) is 0 Å². The van der Waals surface area contributed by atoms with Gasteiger partial charge in [0.15, 0.2) is 12.6 Å². The van der Waals surface area contributed by atoms with Crippen LogP contribution in [0.5, 0.6) is 0 Å². The van der Waals surface area contributed by atoms with Gasteiger partial charge < -0.3 is 24.9 Å². The number of hydrogen-bond acceptors (Lipinski definition) is 5. The standard InChI is InChI=1S/C5H8O5/c6-1-2-3(7)4(8)5(9)10-2/h1-5,7-9H/t2-,3-,4-,5?/m0/s1. The van der Waals surface area contributed by atoms with Gasteiger partial charge in [-0.3, -0.25) is 0 Å². The van der Waals surface area contributed by atoms with Crippen LogP contribution in [0.1, 0.15) is 0 Å². The van der Waals surface area contributed by atoms with E-state index < -0.39 is 24.6 Å². The van der Waals surface area contributed by atoms with Gasteiger partial charge in [-0.2, -0.15) is 0 Å². The summed E-state index contributed by atoms with van der Waals surface area (Å²) < 4.78 is 4.42. The van der Waals surface area contributed by atoms with Crippen LogP contribution in [-0.4, -0.2) is 46.2 Å². The Labute approximate surface area is 56.9 Å². The molecule has 1 fully saturated rings. The minimum Gasteiger partial charge on any atom is -0.387 e. The van der Waals surface area contributed by atoms with E-state index in [1.807, 2.05) is 0 Å². The maximum atomic E-state index is 10.0. The molecule has 1 unspecified atom stereocenters. The molecule has 0 amide bonds. The molecule has 58 valence electrons. The molecular weight excluding hydrogens is 140 g/mol. The first-order valence-corrected chi connectivity index (χ1v) is 2.82. The molecule has 5 nitrogen and oxygen atoms in total. The van der Waals surface area contributed by atoms with Gasteiger partial charge in [-0.1, -0.05) is 0 Å². The van der Waals surface area contributed by atoms with Crippen molar-refractivity contribution in [3.05, 3.63) is 0 Å². The monoisotopic (exact) mass is 148 g/mol. The number of ether oxygens (including phenoxy) is 1. The fraction of sp³-hybridized carbons (Fsp3) is 0.800. The summed E-state index contributed by atoms with van der Waals surface area (Å²) in [4.78, 5) is 10.0. The van der Waals surface area contributed by atoms with Gasteiger partial charge in [0, 0.05) is 0 Å². The number of aliphatic hydroxyl groups is 3. The molecule has 5 heteroatoms. The largest absolute Gasteiger partial charge is 0.387 e. The van der Waals surface area contributed by atoms with Crippen LogP contribution in [0.3, 0.4) is 0 Å². The van der Waals surface area contributed by atoms with Gasteiger partial charge in [0.05, 0.1) is 0 Å². The molecule has 0 aliphatic carbocycles. The van der Waals surface area contributed by atoms with Crippen molar-refractivity contribution < 1.29 is 24.9 Å². The molecule has 3 N–H and O–H groups in total. The Hall–Kier alpha value is -0.490. The Morgan fingerprint density at radius 2 is 1.80 bits per heavy atom. The third-order valence-electron chi connectivity index (χ3n) is 1.41. The van der Waals surface area contributed by atoms with Gasteiger partial charge in [-0.15, -0.1) is 0 Å². The molecule has 0 saturated carbocycles. The zero-order valence-corrected chi connectivity index (χ0v) is 5.04. The molecular formula is C5H8O5. The lowest BCUT2D eigenvalue weighted by Crippen LogP contribution is -2.32. The molecule has 1 heterocycles. The summed E-state index contributed by atoms with van der Waals surface area (Å²) in [6.45, 7) is 0. The number of carbonyl (C=O) groups excluding carboxylic acids is 1. The summed E-state index contributed by atoms with van der Waals surface area (Å²) in [5.74, 6) is 0. The number of carbonyl (C=O) groups is 1. The highest BCUT2D eigenvalue weighted by atomic mass is 16.6. The van der Waals surface area contributed by atoms with E-state index in [9.17, 15) is 4.79 Å². The van der Waals surface area contributed by atoms with E-state index in [2.05, 4.69) is 4.74 Å². The Morgan fingerprint density at radius 3 is 2.00 bits per heavy atom. The molecule has 0 aromatic rings. The summed E-state index contributed by atoms with van der Waals surface area (Å²) in [5, 5.41) is 26.3. The van der Waals surface area contributed by atoms with Gasteiger partial charge in [-0.25, -0.2) is 0 Å². The lowest BCUT2D eigenvalue weighted by molar-refractivity contribution is -0.140. The van der Waals surface area contributed by atoms with Crippen molar-refractivity contribution in [1.82, 2.24) is 0 Å². The van der Waals surface area contributed by atoms with Gasteiger partial charge in [0.1, 0.15) is 18.3 Å². The van der Waals surface area contributed by atoms with Gasteiger partial charge in [-0.05, 0) is 0 Å². The molecule has 1 rings (SSSR count). The molecule has 10 heavy (non-hydrogen) atoms. The molecule has 1 saturated heterocycles. The van der Waals surface area contributed by atoms with Crippen molar-refractivity contribution in [1.29, 1.82) is 0 Å². The Bertz CT molecular complexity index is 136. The Morgan fingerprint density at radius 1 is 1.20 bits per heavy atom. The smallest absolute Gasteiger partial charge is 0.184 e. The average molecular weight is 148 g/mol. The minimum atomic E-state index is -1.45. The van der Waals surface area contributed by atoms with E-state index in [0.29, 0.717) is 6.29 Å². The van der Waals surface area contributed by atoms with Gasteiger partial charge in [0.2, 0.25) is 0 Å². The van der Waals surface area contributed by atoms with Gasteiger partial charge >= 0.3 is 0 Å². The molecule has 0 spiro atoms. The van der Waals surface area contributed by atoms with Crippen LogP contribution >= 0.6 is 0 Å². The second kappa shape index (κ2) is 2.63.